The van der Waals surface area contributed by atoms with Gasteiger partial charge in [0.2, 0.25) is 0 Å². The molecule has 1 saturated heterocycles. The molecule has 2 N–H and O–H groups in total. The van der Waals surface area contributed by atoms with Crippen LogP contribution in [0.4, 0.5) is 11.4 Å². The Labute approximate surface area is 176 Å². The number of benzene rings is 2. The molecular weight excluding hydrogens is 388 g/mol. The number of hydrogen-bond acceptors (Lipinski definition) is 4. The van der Waals surface area contributed by atoms with Crippen molar-refractivity contribution >= 4 is 34.8 Å². The molecule has 1 fully saturated rings. The van der Waals surface area contributed by atoms with E-state index in [9.17, 15) is 9.59 Å². The molecule has 0 aromatic heterocycles. The van der Waals surface area contributed by atoms with E-state index in [2.05, 4.69) is 20.4 Å². The lowest BCUT2D eigenvalue weighted by atomic mass is 10.1. The summed E-state index contributed by atoms with van der Waals surface area (Å²) in [6, 6.07) is 13.6. The second-order valence-corrected chi connectivity index (χ2v) is 7.77. The molecule has 1 heterocycles. The van der Waals surface area contributed by atoms with Crippen molar-refractivity contribution in [2.24, 2.45) is 0 Å². The number of carbonyl (C=O) groups excluding carboxylic acids is 2. The van der Waals surface area contributed by atoms with Crippen LogP contribution in [-0.2, 0) is 9.59 Å². The average molecular weight is 415 g/mol. The van der Waals surface area contributed by atoms with Crippen LogP contribution in [0.2, 0.25) is 5.02 Å². The van der Waals surface area contributed by atoms with Crippen LogP contribution in [0.25, 0.3) is 0 Å². The first kappa shape index (κ1) is 21.1. The van der Waals surface area contributed by atoms with Gasteiger partial charge in [-0.2, -0.15) is 0 Å². The van der Waals surface area contributed by atoms with Gasteiger partial charge in [0, 0.05) is 55.7 Å². The van der Waals surface area contributed by atoms with Gasteiger partial charge in [-0.05, 0) is 49.7 Å². The number of rotatable bonds is 5. The second-order valence-electron chi connectivity index (χ2n) is 7.33. The minimum absolute atomic E-state index is 0.445. The van der Waals surface area contributed by atoms with Gasteiger partial charge in [-0.3, -0.25) is 14.5 Å². The van der Waals surface area contributed by atoms with E-state index in [0.717, 1.165) is 48.9 Å². The van der Waals surface area contributed by atoms with Crippen LogP contribution in [0.1, 0.15) is 11.1 Å². The Morgan fingerprint density at radius 1 is 0.966 bits per heavy atom. The molecule has 0 saturated carbocycles. The van der Waals surface area contributed by atoms with Crippen LogP contribution in [0.15, 0.2) is 42.5 Å². The van der Waals surface area contributed by atoms with Crippen molar-refractivity contribution in [2.45, 2.75) is 13.8 Å². The number of piperazine rings is 1. The fourth-order valence-corrected chi connectivity index (χ4v) is 3.55. The zero-order valence-electron chi connectivity index (χ0n) is 16.9. The Hall–Kier alpha value is -2.57. The minimum atomic E-state index is -0.635. The van der Waals surface area contributed by atoms with Crippen molar-refractivity contribution < 1.29 is 9.59 Å². The predicted octanol–water partition coefficient (Wildman–Crippen LogP) is 2.83. The number of nitrogens with one attached hydrogen (secondary N) is 2. The van der Waals surface area contributed by atoms with Gasteiger partial charge in [0.25, 0.3) is 0 Å². The van der Waals surface area contributed by atoms with Gasteiger partial charge in [-0.25, -0.2) is 0 Å². The summed E-state index contributed by atoms with van der Waals surface area (Å²) < 4.78 is 0. The van der Waals surface area contributed by atoms with E-state index in [4.69, 9.17) is 11.6 Å². The van der Waals surface area contributed by atoms with E-state index in [0.29, 0.717) is 12.2 Å². The van der Waals surface area contributed by atoms with E-state index >= 15 is 0 Å². The number of anilines is 2. The zero-order chi connectivity index (χ0) is 20.8. The van der Waals surface area contributed by atoms with Gasteiger partial charge in [0.1, 0.15) is 0 Å². The maximum atomic E-state index is 12.1. The molecule has 7 heteroatoms. The summed E-state index contributed by atoms with van der Waals surface area (Å²) in [5.74, 6) is -1.24. The minimum Gasteiger partial charge on any atom is -0.369 e. The first-order valence-electron chi connectivity index (χ1n) is 9.81. The highest BCUT2D eigenvalue weighted by Crippen LogP contribution is 2.19. The molecule has 0 unspecified atom stereocenters. The molecule has 1 aliphatic heterocycles. The number of halogens is 1. The molecule has 1 aliphatic rings. The van der Waals surface area contributed by atoms with Crippen molar-refractivity contribution in [1.29, 1.82) is 0 Å². The highest BCUT2D eigenvalue weighted by Gasteiger charge is 2.18. The maximum absolute atomic E-state index is 12.1. The monoisotopic (exact) mass is 414 g/mol. The quantitative estimate of drug-likeness (QED) is 0.738. The number of aryl methyl sites for hydroxylation is 2. The van der Waals surface area contributed by atoms with E-state index in [1.807, 2.05) is 56.3 Å². The fourth-order valence-electron chi connectivity index (χ4n) is 3.42. The average Bonchev–Trinajstić information content (AvgIpc) is 2.71. The number of hydrogen-bond donors (Lipinski definition) is 2. The topological polar surface area (TPSA) is 64.7 Å². The molecule has 154 valence electrons. The molecule has 0 bridgehead atoms. The lowest BCUT2D eigenvalue weighted by Crippen LogP contribution is -2.49. The third kappa shape index (κ3) is 5.95. The van der Waals surface area contributed by atoms with Crippen molar-refractivity contribution in [3.8, 4) is 0 Å². The highest BCUT2D eigenvalue weighted by molar-refractivity contribution is 6.39. The van der Waals surface area contributed by atoms with Gasteiger partial charge < -0.3 is 15.5 Å². The molecule has 0 spiro atoms. The van der Waals surface area contributed by atoms with E-state index in [1.54, 1.807) is 0 Å². The van der Waals surface area contributed by atoms with Crippen LogP contribution < -0.4 is 15.5 Å². The molecule has 29 heavy (non-hydrogen) atoms. The first-order valence-corrected chi connectivity index (χ1v) is 10.2. The molecular formula is C22H27ClN4O2. The summed E-state index contributed by atoms with van der Waals surface area (Å²) in [5, 5.41) is 6.12. The smallest absolute Gasteiger partial charge is 0.313 e. The lowest BCUT2D eigenvalue weighted by molar-refractivity contribution is -0.136. The highest BCUT2D eigenvalue weighted by atomic mass is 35.5. The molecule has 0 aliphatic carbocycles. The van der Waals surface area contributed by atoms with Crippen LogP contribution in [0.3, 0.4) is 0 Å². The third-order valence-corrected chi connectivity index (χ3v) is 5.37. The Bertz CT molecular complexity index is 862. The van der Waals surface area contributed by atoms with Gasteiger partial charge >= 0.3 is 11.8 Å². The Kier molecular flexibility index (Phi) is 7.12. The van der Waals surface area contributed by atoms with Crippen molar-refractivity contribution in [2.75, 3.05) is 49.5 Å². The summed E-state index contributed by atoms with van der Waals surface area (Å²) in [4.78, 5) is 28.8. The summed E-state index contributed by atoms with van der Waals surface area (Å²) in [7, 11) is 0. The van der Waals surface area contributed by atoms with E-state index < -0.39 is 11.8 Å². The molecule has 2 aromatic carbocycles. The predicted molar refractivity (Wildman–Crippen MR) is 118 cm³/mol. The molecule has 0 atom stereocenters. The Balaban J connectivity index is 1.38. The van der Waals surface area contributed by atoms with Crippen molar-refractivity contribution in [3.05, 3.63) is 58.6 Å². The SMILES string of the molecule is Cc1ccc(NC(=O)C(=O)NCCN2CCN(c3ccc(Cl)cc3)CC2)c(C)c1. The van der Waals surface area contributed by atoms with Gasteiger partial charge in [0.15, 0.2) is 0 Å². The number of amides is 2. The van der Waals surface area contributed by atoms with Crippen LogP contribution >= 0.6 is 11.6 Å². The van der Waals surface area contributed by atoms with Crippen molar-refractivity contribution in [3.63, 3.8) is 0 Å². The molecule has 0 radical (unpaired) electrons. The Morgan fingerprint density at radius 2 is 1.66 bits per heavy atom. The normalized spacial score (nSPS) is 14.5. The zero-order valence-corrected chi connectivity index (χ0v) is 17.6. The number of carbonyl (C=O) groups is 2. The van der Waals surface area contributed by atoms with Gasteiger partial charge in [-0.1, -0.05) is 29.3 Å². The first-order chi connectivity index (χ1) is 13.9. The standard InChI is InChI=1S/C22H27ClN4O2/c1-16-3-8-20(17(2)15-16)25-22(29)21(28)24-9-10-26-11-13-27(14-12-26)19-6-4-18(23)5-7-19/h3-8,15H,9-14H2,1-2H3,(H,24,28)(H,25,29). The van der Waals surface area contributed by atoms with E-state index in [-0.39, 0.29) is 0 Å². The van der Waals surface area contributed by atoms with Crippen LogP contribution in [0.5, 0.6) is 0 Å². The van der Waals surface area contributed by atoms with Crippen molar-refractivity contribution in [1.82, 2.24) is 10.2 Å². The third-order valence-electron chi connectivity index (χ3n) is 5.11. The molecule has 2 amide bonds. The fraction of sp³-hybridized carbons (Fsp3) is 0.364. The van der Waals surface area contributed by atoms with Gasteiger partial charge in [0.05, 0.1) is 0 Å². The van der Waals surface area contributed by atoms with Crippen LogP contribution in [-0.4, -0.2) is 56.0 Å². The summed E-state index contributed by atoms with van der Waals surface area (Å²) in [6.45, 7) is 8.72. The molecule has 2 aromatic rings. The second kappa shape index (κ2) is 9.76. The van der Waals surface area contributed by atoms with Crippen LogP contribution in [0, 0.1) is 13.8 Å². The largest absolute Gasteiger partial charge is 0.369 e. The Morgan fingerprint density at radius 3 is 2.31 bits per heavy atom. The number of nitrogens with zero attached hydrogens (tertiary/aromatic N) is 2. The summed E-state index contributed by atoms with van der Waals surface area (Å²) in [5.41, 5.74) is 3.88. The molecule has 6 nitrogen and oxygen atoms in total. The van der Waals surface area contributed by atoms with E-state index in [1.165, 1.54) is 5.69 Å². The van der Waals surface area contributed by atoms with Gasteiger partial charge in [-0.15, -0.1) is 0 Å². The summed E-state index contributed by atoms with van der Waals surface area (Å²) in [6.07, 6.45) is 0. The summed E-state index contributed by atoms with van der Waals surface area (Å²) >= 11 is 5.95. The maximum Gasteiger partial charge on any atom is 0.313 e. The molecule has 3 rings (SSSR count). The lowest BCUT2D eigenvalue weighted by Gasteiger charge is -2.36.